The summed E-state index contributed by atoms with van der Waals surface area (Å²) in [4.78, 5) is 11.2. The first-order valence-electron chi connectivity index (χ1n) is 5.45. The van der Waals surface area contributed by atoms with E-state index in [1.165, 1.54) is 0 Å². The van der Waals surface area contributed by atoms with E-state index in [1.807, 2.05) is 0 Å². The van der Waals surface area contributed by atoms with Crippen LogP contribution in [-0.4, -0.2) is 23.3 Å². The van der Waals surface area contributed by atoms with Gasteiger partial charge in [0.15, 0.2) is 0 Å². The molecule has 0 radical (unpaired) electrons. The lowest BCUT2D eigenvalue weighted by Gasteiger charge is -2.26. The van der Waals surface area contributed by atoms with Gasteiger partial charge in [0.2, 0.25) is 0 Å². The second-order valence-electron chi connectivity index (χ2n) is 4.42. The SMILES string of the molecule is CC1CCC(OC(=O)C[C@@H](C)O)CC1. The van der Waals surface area contributed by atoms with Crippen LogP contribution in [0.1, 0.15) is 46.0 Å². The van der Waals surface area contributed by atoms with Crippen molar-refractivity contribution in [1.29, 1.82) is 0 Å². The van der Waals surface area contributed by atoms with Gasteiger partial charge in [-0.2, -0.15) is 0 Å². The lowest BCUT2D eigenvalue weighted by Crippen LogP contribution is -2.25. The number of esters is 1. The Bertz CT molecular complexity index is 181. The summed E-state index contributed by atoms with van der Waals surface area (Å²) in [6, 6.07) is 0. The molecule has 14 heavy (non-hydrogen) atoms. The molecule has 3 heteroatoms. The van der Waals surface area contributed by atoms with E-state index in [4.69, 9.17) is 9.84 Å². The van der Waals surface area contributed by atoms with E-state index in [9.17, 15) is 4.79 Å². The first-order chi connectivity index (χ1) is 6.58. The third-order valence-electron chi connectivity index (χ3n) is 2.72. The van der Waals surface area contributed by atoms with Crippen LogP contribution in [0.2, 0.25) is 0 Å². The first-order valence-corrected chi connectivity index (χ1v) is 5.45. The second kappa shape index (κ2) is 5.35. The largest absolute Gasteiger partial charge is 0.462 e. The van der Waals surface area contributed by atoms with Crippen molar-refractivity contribution in [3.8, 4) is 0 Å². The summed E-state index contributed by atoms with van der Waals surface area (Å²) in [5.41, 5.74) is 0. The van der Waals surface area contributed by atoms with Crippen LogP contribution in [0.15, 0.2) is 0 Å². The minimum Gasteiger partial charge on any atom is -0.462 e. The van der Waals surface area contributed by atoms with Crippen LogP contribution < -0.4 is 0 Å². The Labute approximate surface area is 85.5 Å². The summed E-state index contributed by atoms with van der Waals surface area (Å²) in [6.45, 7) is 3.83. The zero-order chi connectivity index (χ0) is 10.6. The van der Waals surface area contributed by atoms with Gasteiger partial charge in [-0.15, -0.1) is 0 Å². The van der Waals surface area contributed by atoms with Crippen LogP contribution in [-0.2, 0) is 9.53 Å². The highest BCUT2D eigenvalue weighted by Gasteiger charge is 2.21. The topological polar surface area (TPSA) is 46.5 Å². The molecule has 0 unspecified atom stereocenters. The third kappa shape index (κ3) is 4.09. The highest BCUT2D eigenvalue weighted by molar-refractivity contribution is 5.70. The highest BCUT2D eigenvalue weighted by atomic mass is 16.5. The first kappa shape index (κ1) is 11.5. The lowest BCUT2D eigenvalue weighted by molar-refractivity contribution is -0.152. The van der Waals surface area contributed by atoms with Gasteiger partial charge in [-0.1, -0.05) is 6.92 Å². The van der Waals surface area contributed by atoms with Gasteiger partial charge in [0.1, 0.15) is 6.10 Å². The molecule has 0 heterocycles. The fourth-order valence-corrected chi connectivity index (χ4v) is 1.82. The summed E-state index contributed by atoms with van der Waals surface area (Å²) in [6.07, 6.45) is 3.87. The van der Waals surface area contributed by atoms with Crippen molar-refractivity contribution in [1.82, 2.24) is 0 Å². The smallest absolute Gasteiger partial charge is 0.308 e. The molecule has 1 N–H and O–H groups in total. The molecule has 0 aliphatic heterocycles. The summed E-state index contributed by atoms with van der Waals surface area (Å²) >= 11 is 0. The zero-order valence-corrected chi connectivity index (χ0v) is 9.03. The van der Waals surface area contributed by atoms with Crippen molar-refractivity contribution in [3.63, 3.8) is 0 Å². The molecule has 0 spiro atoms. The maximum absolute atomic E-state index is 11.2. The highest BCUT2D eigenvalue weighted by Crippen LogP contribution is 2.25. The van der Waals surface area contributed by atoms with E-state index in [0.717, 1.165) is 31.6 Å². The van der Waals surface area contributed by atoms with E-state index in [0.29, 0.717) is 0 Å². The average molecular weight is 200 g/mol. The molecule has 82 valence electrons. The Hall–Kier alpha value is -0.570. The Balaban J connectivity index is 2.20. The van der Waals surface area contributed by atoms with Crippen molar-refractivity contribution in [2.24, 2.45) is 5.92 Å². The number of hydrogen-bond acceptors (Lipinski definition) is 3. The standard InChI is InChI=1S/C11H20O3/c1-8-3-5-10(6-4-8)14-11(13)7-9(2)12/h8-10,12H,3-7H2,1-2H3/t8?,9-,10?/m1/s1. The number of carbonyl (C=O) groups excluding carboxylic acids is 1. The fraction of sp³-hybridized carbons (Fsp3) is 0.909. The van der Waals surface area contributed by atoms with E-state index in [2.05, 4.69) is 6.92 Å². The van der Waals surface area contributed by atoms with Gasteiger partial charge < -0.3 is 9.84 Å². The molecule has 1 aliphatic rings. The van der Waals surface area contributed by atoms with Crippen molar-refractivity contribution >= 4 is 5.97 Å². The Morgan fingerprint density at radius 1 is 1.43 bits per heavy atom. The van der Waals surface area contributed by atoms with Gasteiger partial charge in [0, 0.05) is 0 Å². The molecule has 0 amide bonds. The molecule has 0 saturated heterocycles. The average Bonchev–Trinajstić information content (AvgIpc) is 2.07. The number of ether oxygens (including phenoxy) is 1. The summed E-state index contributed by atoms with van der Waals surface area (Å²) in [7, 11) is 0. The number of aliphatic hydroxyl groups is 1. The van der Waals surface area contributed by atoms with Gasteiger partial charge in [0.25, 0.3) is 0 Å². The minimum atomic E-state index is -0.593. The predicted octanol–water partition coefficient (Wildman–Crippen LogP) is 1.88. The van der Waals surface area contributed by atoms with Crippen LogP contribution in [0.3, 0.4) is 0 Å². The van der Waals surface area contributed by atoms with Crippen LogP contribution in [0.4, 0.5) is 0 Å². The molecular weight excluding hydrogens is 180 g/mol. The summed E-state index contributed by atoms with van der Waals surface area (Å²) in [5.74, 6) is 0.501. The summed E-state index contributed by atoms with van der Waals surface area (Å²) in [5, 5.41) is 8.99. The van der Waals surface area contributed by atoms with E-state index in [1.54, 1.807) is 6.92 Å². The predicted molar refractivity (Wildman–Crippen MR) is 53.8 cm³/mol. The maximum Gasteiger partial charge on any atom is 0.308 e. The molecule has 3 nitrogen and oxygen atoms in total. The molecule has 0 aromatic rings. The van der Waals surface area contributed by atoms with Gasteiger partial charge in [0.05, 0.1) is 12.5 Å². The number of hydrogen-bond donors (Lipinski definition) is 1. The van der Waals surface area contributed by atoms with Crippen molar-refractivity contribution in [3.05, 3.63) is 0 Å². The molecule has 1 rings (SSSR count). The minimum absolute atomic E-state index is 0.0949. The third-order valence-corrected chi connectivity index (χ3v) is 2.72. The van der Waals surface area contributed by atoms with Crippen molar-refractivity contribution in [2.75, 3.05) is 0 Å². The summed E-state index contributed by atoms with van der Waals surface area (Å²) < 4.78 is 5.25. The second-order valence-corrected chi connectivity index (χ2v) is 4.42. The van der Waals surface area contributed by atoms with Crippen LogP contribution in [0.25, 0.3) is 0 Å². The molecule has 1 fully saturated rings. The van der Waals surface area contributed by atoms with E-state index >= 15 is 0 Å². The van der Waals surface area contributed by atoms with Gasteiger partial charge >= 0.3 is 5.97 Å². The number of carbonyl (C=O) groups is 1. The van der Waals surface area contributed by atoms with Gasteiger partial charge in [-0.05, 0) is 38.5 Å². The number of aliphatic hydroxyl groups excluding tert-OH is 1. The van der Waals surface area contributed by atoms with Gasteiger partial charge in [-0.25, -0.2) is 0 Å². The van der Waals surface area contributed by atoms with Gasteiger partial charge in [-0.3, -0.25) is 4.79 Å². The number of rotatable bonds is 3. The van der Waals surface area contributed by atoms with E-state index in [-0.39, 0.29) is 18.5 Å². The lowest BCUT2D eigenvalue weighted by atomic mass is 9.89. The maximum atomic E-state index is 11.2. The van der Waals surface area contributed by atoms with Crippen molar-refractivity contribution < 1.29 is 14.6 Å². The van der Waals surface area contributed by atoms with Crippen LogP contribution >= 0.6 is 0 Å². The fourth-order valence-electron chi connectivity index (χ4n) is 1.82. The molecular formula is C11H20O3. The normalized spacial score (nSPS) is 29.6. The quantitative estimate of drug-likeness (QED) is 0.707. The van der Waals surface area contributed by atoms with Crippen LogP contribution in [0, 0.1) is 5.92 Å². The zero-order valence-electron chi connectivity index (χ0n) is 9.03. The molecule has 1 atom stereocenters. The Morgan fingerprint density at radius 3 is 2.50 bits per heavy atom. The monoisotopic (exact) mass is 200 g/mol. The molecule has 1 saturated carbocycles. The van der Waals surface area contributed by atoms with Crippen molar-refractivity contribution in [2.45, 2.75) is 58.2 Å². The van der Waals surface area contributed by atoms with E-state index < -0.39 is 6.10 Å². The van der Waals surface area contributed by atoms with Crippen LogP contribution in [0.5, 0.6) is 0 Å². The Morgan fingerprint density at radius 2 is 2.00 bits per heavy atom. The molecule has 0 bridgehead atoms. The molecule has 0 aromatic carbocycles. The Kier molecular flexibility index (Phi) is 4.39. The molecule has 0 aromatic heterocycles. The molecule has 1 aliphatic carbocycles.